The van der Waals surface area contributed by atoms with E-state index in [1.165, 1.54) is 44.1 Å². The summed E-state index contributed by atoms with van der Waals surface area (Å²) in [5.74, 6) is 1.60. The van der Waals surface area contributed by atoms with E-state index >= 15 is 0 Å². The Morgan fingerprint density at radius 2 is 1.70 bits per heavy atom. The molecule has 0 amide bonds. The molecule has 1 aromatic carbocycles. The van der Waals surface area contributed by atoms with Gasteiger partial charge < -0.3 is 9.84 Å². The number of benzene rings is 1. The Balaban J connectivity index is 1.90. The van der Waals surface area contributed by atoms with E-state index in [0.29, 0.717) is 12.4 Å². The second-order valence-electron chi connectivity index (χ2n) is 5.99. The lowest BCUT2D eigenvalue weighted by Crippen LogP contribution is -2.18. The largest absolute Gasteiger partial charge is 0.390 e. The Bertz CT molecular complexity index is 383. The molecule has 1 rings (SSSR count). The summed E-state index contributed by atoms with van der Waals surface area (Å²) in [7, 11) is 0. The number of hydrogen-bond donors (Lipinski definition) is 1. The van der Waals surface area contributed by atoms with Gasteiger partial charge in [-0.25, -0.2) is 0 Å². The molecule has 2 nitrogen and oxygen atoms in total. The lowest BCUT2D eigenvalue weighted by molar-refractivity contribution is 0.0467. The lowest BCUT2D eigenvalue weighted by atomic mass is 10.1. The van der Waals surface area contributed by atoms with Crippen LogP contribution < -0.4 is 0 Å². The number of unbranched alkanes of at least 4 members (excludes halogenated alkanes) is 6. The number of rotatable bonds is 14. The third-order valence-corrected chi connectivity index (χ3v) is 5.10. The molecule has 1 atom stereocenters. The summed E-state index contributed by atoms with van der Waals surface area (Å²) in [5, 5.41) is 10.7. The molecule has 4 heteroatoms. The van der Waals surface area contributed by atoms with Gasteiger partial charge in [-0.15, -0.1) is 0 Å². The summed E-state index contributed by atoms with van der Waals surface area (Å²) in [6, 6.07) is 7.86. The van der Waals surface area contributed by atoms with Crippen molar-refractivity contribution in [1.82, 2.24) is 0 Å². The molecule has 23 heavy (non-hydrogen) atoms. The van der Waals surface area contributed by atoms with Gasteiger partial charge in [0.05, 0.1) is 12.7 Å². The Morgan fingerprint density at radius 3 is 2.39 bits per heavy atom. The molecule has 0 saturated heterocycles. The first kappa shape index (κ1) is 20.8. The standard InChI is InChI=1S/C19H31ClO2S/c1-2-3-4-5-6-7-8-13-22-14-19(21)16-23-15-17-9-11-18(20)12-10-17/h9-12,19,21H,2-8,13-16H2,1H3. The van der Waals surface area contributed by atoms with Crippen LogP contribution in [0.4, 0.5) is 0 Å². The molecule has 0 aliphatic carbocycles. The molecule has 1 N–H and O–H groups in total. The zero-order valence-electron chi connectivity index (χ0n) is 14.3. The van der Waals surface area contributed by atoms with Gasteiger partial charge in [-0.1, -0.05) is 69.2 Å². The number of thioether (sulfide) groups is 1. The first-order valence-electron chi connectivity index (χ1n) is 8.80. The molecule has 0 heterocycles. The van der Waals surface area contributed by atoms with E-state index in [4.69, 9.17) is 16.3 Å². The SMILES string of the molecule is CCCCCCCCCOCC(O)CSCc1ccc(Cl)cc1. The molecule has 132 valence electrons. The maximum atomic E-state index is 9.90. The van der Waals surface area contributed by atoms with Gasteiger partial charge in [0, 0.05) is 23.1 Å². The zero-order chi connectivity index (χ0) is 16.8. The van der Waals surface area contributed by atoms with Crippen molar-refractivity contribution in [2.24, 2.45) is 0 Å². The first-order chi connectivity index (χ1) is 11.2. The van der Waals surface area contributed by atoms with Crippen LogP contribution in [-0.2, 0) is 10.5 Å². The smallest absolute Gasteiger partial charge is 0.0863 e. The zero-order valence-corrected chi connectivity index (χ0v) is 15.9. The highest BCUT2D eigenvalue weighted by Crippen LogP contribution is 2.16. The van der Waals surface area contributed by atoms with Crippen LogP contribution in [0.1, 0.15) is 57.4 Å². The summed E-state index contributed by atoms with van der Waals surface area (Å²) in [6.45, 7) is 3.46. The minimum absolute atomic E-state index is 0.378. The third kappa shape index (κ3) is 11.9. The van der Waals surface area contributed by atoms with E-state index in [0.717, 1.165) is 23.8 Å². The molecule has 0 aliphatic heterocycles. The summed E-state index contributed by atoms with van der Waals surface area (Å²) in [5.41, 5.74) is 1.23. The van der Waals surface area contributed by atoms with Crippen LogP contribution >= 0.6 is 23.4 Å². The van der Waals surface area contributed by atoms with E-state index in [1.54, 1.807) is 11.8 Å². The maximum Gasteiger partial charge on any atom is 0.0863 e. The number of aliphatic hydroxyl groups is 1. The van der Waals surface area contributed by atoms with Crippen LogP contribution in [0.3, 0.4) is 0 Å². The molecular weight excluding hydrogens is 328 g/mol. The van der Waals surface area contributed by atoms with E-state index in [2.05, 4.69) is 6.92 Å². The van der Waals surface area contributed by atoms with Gasteiger partial charge >= 0.3 is 0 Å². The number of halogens is 1. The topological polar surface area (TPSA) is 29.5 Å². The Labute approximate surface area is 151 Å². The molecule has 0 saturated carbocycles. The highest BCUT2D eigenvalue weighted by Gasteiger charge is 2.05. The van der Waals surface area contributed by atoms with Gasteiger partial charge in [0.2, 0.25) is 0 Å². The highest BCUT2D eigenvalue weighted by atomic mass is 35.5. The summed E-state index contributed by atoms with van der Waals surface area (Å²) >= 11 is 7.58. The van der Waals surface area contributed by atoms with Crippen LogP contribution in [0.25, 0.3) is 0 Å². The number of hydrogen-bond acceptors (Lipinski definition) is 3. The van der Waals surface area contributed by atoms with Gasteiger partial charge in [-0.05, 0) is 24.1 Å². The highest BCUT2D eigenvalue weighted by molar-refractivity contribution is 7.98. The normalized spacial score (nSPS) is 12.5. The summed E-state index contributed by atoms with van der Waals surface area (Å²) in [4.78, 5) is 0. The number of aliphatic hydroxyl groups excluding tert-OH is 1. The minimum Gasteiger partial charge on any atom is -0.390 e. The second kappa shape index (κ2) is 14.2. The lowest BCUT2D eigenvalue weighted by Gasteiger charge is -2.11. The predicted molar refractivity (Wildman–Crippen MR) is 102 cm³/mol. The second-order valence-corrected chi connectivity index (χ2v) is 7.46. The van der Waals surface area contributed by atoms with Crippen LogP contribution in [0.15, 0.2) is 24.3 Å². The molecule has 0 fully saturated rings. The van der Waals surface area contributed by atoms with E-state index in [1.807, 2.05) is 24.3 Å². The van der Waals surface area contributed by atoms with Crippen LogP contribution in [-0.4, -0.2) is 30.2 Å². The van der Waals surface area contributed by atoms with E-state index < -0.39 is 0 Å². The van der Waals surface area contributed by atoms with Crippen molar-refractivity contribution in [2.45, 2.75) is 63.7 Å². The molecule has 1 aromatic rings. The predicted octanol–water partition coefficient (Wildman–Crippen LogP) is 5.70. The third-order valence-electron chi connectivity index (χ3n) is 3.69. The monoisotopic (exact) mass is 358 g/mol. The fourth-order valence-electron chi connectivity index (χ4n) is 2.32. The van der Waals surface area contributed by atoms with Gasteiger partial charge in [-0.3, -0.25) is 0 Å². The van der Waals surface area contributed by atoms with Crippen molar-refractivity contribution in [3.8, 4) is 0 Å². The summed E-state index contributed by atoms with van der Waals surface area (Å²) in [6.07, 6.45) is 8.65. The van der Waals surface area contributed by atoms with Crippen molar-refractivity contribution < 1.29 is 9.84 Å². The van der Waals surface area contributed by atoms with Crippen molar-refractivity contribution in [3.05, 3.63) is 34.9 Å². The van der Waals surface area contributed by atoms with Crippen molar-refractivity contribution in [3.63, 3.8) is 0 Å². The van der Waals surface area contributed by atoms with Gasteiger partial charge in [0.15, 0.2) is 0 Å². The van der Waals surface area contributed by atoms with Crippen LogP contribution in [0.5, 0.6) is 0 Å². The molecule has 0 bridgehead atoms. The Hall–Kier alpha value is -0.220. The molecule has 0 aromatic heterocycles. The van der Waals surface area contributed by atoms with Gasteiger partial charge in [-0.2, -0.15) is 11.8 Å². The average molecular weight is 359 g/mol. The van der Waals surface area contributed by atoms with Crippen molar-refractivity contribution >= 4 is 23.4 Å². The average Bonchev–Trinajstić information content (AvgIpc) is 2.55. The molecule has 0 aliphatic rings. The number of ether oxygens (including phenoxy) is 1. The molecule has 0 radical (unpaired) electrons. The quantitative estimate of drug-likeness (QED) is 0.432. The van der Waals surface area contributed by atoms with Gasteiger partial charge in [0.25, 0.3) is 0 Å². The first-order valence-corrected chi connectivity index (χ1v) is 10.3. The molecular formula is C19H31ClO2S. The van der Waals surface area contributed by atoms with Crippen LogP contribution in [0.2, 0.25) is 5.02 Å². The van der Waals surface area contributed by atoms with Crippen molar-refractivity contribution in [1.29, 1.82) is 0 Å². The Kier molecular flexibility index (Phi) is 12.8. The van der Waals surface area contributed by atoms with E-state index in [9.17, 15) is 5.11 Å². The Morgan fingerprint density at radius 1 is 1.04 bits per heavy atom. The fourth-order valence-corrected chi connectivity index (χ4v) is 3.36. The fraction of sp³-hybridized carbons (Fsp3) is 0.684. The molecule has 0 spiro atoms. The van der Waals surface area contributed by atoms with E-state index in [-0.39, 0.29) is 6.10 Å². The van der Waals surface area contributed by atoms with Crippen LogP contribution in [0, 0.1) is 0 Å². The summed E-state index contributed by atoms with van der Waals surface area (Å²) < 4.78 is 5.56. The minimum atomic E-state index is -0.378. The van der Waals surface area contributed by atoms with Crippen molar-refractivity contribution in [2.75, 3.05) is 19.0 Å². The maximum absolute atomic E-state index is 9.90. The van der Waals surface area contributed by atoms with Gasteiger partial charge in [0.1, 0.15) is 0 Å². The molecule has 1 unspecified atom stereocenters.